The van der Waals surface area contributed by atoms with Gasteiger partial charge in [0, 0.05) is 12.0 Å². The minimum Gasteiger partial charge on any atom is -0.394 e. The Morgan fingerprint density at radius 3 is 2.93 bits per heavy atom. The highest BCUT2D eigenvalue weighted by atomic mass is 16.5. The first-order valence-electron chi connectivity index (χ1n) is 5.47. The largest absolute Gasteiger partial charge is 0.394 e. The Kier molecular flexibility index (Phi) is 2.56. The Balaban J connectivity index is 2.52. The molecule has 3 N–H and O–H groups in total. The molecule has 0 spiro atoms. The Labute approximate surface area is 89.4 Å². The molecule has 2 rings (SSSR count). The lowest BCUT2D eigenvalue weighted by Gasteiger charge is -2.31. The second kappa shape index (κ2) is 3.61. The first kappa shape index (κ1) is 10.6. The Morgan fingerprint density at radius 2 is 2.33 bits per heavy atom. The van der Waals surface area contributed by atoms with E-state index in [1.54, 1.807) is 0 Å². The molecule has 1 unspecified atom stereocenters. The smallest absolute Gasteiger partial charge is 0.142 e. The van der Waals surface area contributed by atoms with Gasteiger partial charge >= 0.3 is 0 Å². The van der Waals surface area contributed by atoms with Gasteiger partial charge in [0.25, 0.3) is 0 Å². The van der Waals surface area contributed by atoms with Crippen molar-refractivity contribution >= 4 is 0 Å². The van der Waals surface area contributed by atoms with Crippen LogP contribution < -0.4 is 5.73 Å². The summed E-state index contributed by atoms with van der Waals surface area (Å²) in [4.78, 5) is 0. The van der Waals surface area contributed by atoms with E-state index in [1.807, 2.05) is 0 Å². The van der Waals surface area contributed by atoms with Gasteiger partial charge in [0.05, 0.1) is 17.8 Å². The number of aryl methyl sites for hydroxylation is 1. The maximum absolute atomic E-state index is 9.43. The lowest BCUT2D eigenvalue weighted by atomic mass is 9.78. The molecule has 0 amide bonds. The van der Waals surface area contributed by atoms with Gasteiger partial charge in [-0.2, -0.15) is 0 Å². The zero-order valence-electron chi connectivity index (χ0n) is 9.29. The quantitative estimate of drug-likeness (QED) is 0.771. The molecular formula is C11H18N2O2. The van der Waals surface area contributed by atoms with Crippen LogP contribution in [0.15, 0.2) is 4.52 Å². The van der Waals surface area contributed by atoms with Gasteiger partial charge in [-0.25, -0.2) is 0 Å². The van der Waals surface area contributed by atoms with Crippen LogP contribution in [-0.4, -0.2) is 16.9 Å². The Morgan fingerprint density at radius 1 is 1.60 bits per heavy atom. The van der Waals surface area contributed by atoms with E-state index in [9.17, 15) is 5.11 Å². The van der Waals surface area contributed by atoms with E-state index in [2.05, 4.69) is 19.0 Å². The van der Waals surface area contributed by atoms with Crippen LogP contribution in [0.4, 0.5) is 0 Å². The molecule has 0 saturated heterocycles. The molecule has 0 aliphatic heterocycles. The molecule has 1 aromatic rings. The summed E-state index contributed by atoms with van der Waals surface area (Å²) in [6, 6.07) is 0. The van der Waals surface area contributed by atoms with Crippen molar-refractivity contribution in [1.82, 2.24) is 5.16 Å². The predicted molar refractivity (Wildman–Crippen MR) is 56.5 cm³/mol. The van der Waals surface area contributed by atoms with Crippen LogP contribution in [0.3, 0.4) is 0 Å². The van der Waals surface area contributed by atoms with Crippen molar-refractivity contribution in [2.45, 2.75) is 44.6 Å². The number of fused-ring (bicyclic) bond motifs is 1. The molecule has 1 aliphatic rings. The number of aromatic nitrogens is 1. The molecule has 0 aromatic carbocycles. The van der Waals surface area contributed by atoms with Crippen LogP contribution in [0.2, 0.25) is 0 Å². The number of rotatable bonds is 2. The minimum atomic E-state index is -0.646. The van der Waals surface area contributed by atoms with Gasteiger partial charge in [0.1, 0.15) is 5.76 Å². The maximum atomic E-state index is 9.43. The van der Waals surface area contributed by atoms with Crippen LogP contribution >= 0.6 is 0 Å². The number of hydrogen-bond acceptors (Lipinski definition) is 4. The van der Waals surface area contributed by atoms with Crippen molar-refractivity contribution < 1.29 is 9.63 Å². The predicted octanol–water partition coefficient (Wildman–Crippen LogP) is 1.28. The molecule has 4 heteroatoms. The van der Waals surface area contributed by atoms with Crippen LogP contribution in [-0.2, 0) is 12.0 Å². The number of aliphatic hydroxyl groups is 1. The van der Waals surface area contributed by atoms with Gasteiger partial charge in [-0.15, -0.1) is 0 Å². The van der Waals surface area contributed by atoms with Crippen LogP contribution in [0.1, 0.15) is 49.6 Å². The summed E-state index contributed by atoms with van der Waals surface area (Å²) in [6.45, 7) is 4.08. The molecular weight excluding hydrogens is 192 g/mol. The number of hydrogen-bond donors (Lipinski definition) is 2. The topological polar surface area (TPSA) is 72.3 Å². The second-order valence-corrected chi connectivity index (χ2v) is 4.69. The zero-order valence-corrected chi connectivity index (χ0v) is 9.29. The van der Waals surface area contributed by atoms with Gasteiger partial charge < -0.3 is 15.4 Å². The Bertz CT molecular complexity index is 359. The maximum Gasteiger partial charge on any atom is 0.142 e. The third-order valence-corrected chi connectivity index (χ3v) is 3.14. The van der Waals surface area contributed by atoms with Crippen molar-refractivity contribution in [1.29, 1.82) is 0 Å². The molecule has 0 fully saturated rings. The molecule has 15 heavy (non-hydrogen) atoms. The Hall–Kier alpha value is -0.870. The minimum absolute atomic E-state index is 0.0407. The number of nitrogens with two attached hydrogens (primary N) is 1. The molecule has 1 aliphatic carbocycles. The first-order valence-corrected chi connectivity index (χ1v) is 5.47. The monoisotopic (exact) mass is 210 g/mol. The van der Waals surface area contributed by atoms with Gasteiger partial charge in [0.2, 0.25) is 0 Å². The van der Waals surface area contributed by atoms with Crippen molar-refractivity contribution in [2.24, 2.45) is 5.73 Å². The summed E-state index contributed by atoms with van der Waals surface area (Å²) in [7, 11) is 0. The van der Waals surface area contributed by atoms with Crippen molar-refractivity contribution in [3.05, 3.63) is 17.0 Å². The zero-order chi connectivity index (χ0) is 11.1. The molecule has 0 radical (unpaired) electrons. The van der Waals surface area contributed by atoms with Gasteiger partial charge in [-0.1, -0.05) is 19.0 Å². The highest BCUT2D eigenvalue weighted by Gasteiger charge is 2.38. The fourth-order valence-corrected chi connectivity index (χ4v) is 2.28. The average molecular weight is 210 g/mol. The summed E-state index contributed by atoms with van der Waals surface area (Å²) in [5.74, 6) is 1.14. The van der Waals surface area contributed by atoms with Crippen LogP contribution in [0.5, 0.6) is 0 Å². The molecule has 1 atom stereocenters. The van der Waals surface area contributed by atoms with Gasteiger partial charge in [-0.3, -0.25) is 0 Å². The van der Waals surface area contributed by atoms with E-state index in [4.69, 9.17) is 10.3 Å². The van der Waals surface area contributed by atoms with Crippen molar-refractivity contribution in [2.75, 3.05) is 6.61 Å². The van der Waals surface area contributed by atoms with Gasteiger partial charge in [-0.05, 0) is 18.8 Å². The lowest BCUT2D eigenvalue weighted by molar-refractivity contribution is 0.174. The van der Waals surface area contributed by atoms with Crippen molar-refractivity contribution in [3.63, 3.8) is 0 Å². The molecule has 1 heterocycles. The third-order valence-electron chi connectivity index (χ3n) is 3.14. The lowest BCUT2D eigenvalue weighted by Crippen LogP contribution is -2.43. The average Bonchev–Trinajstić information content (AvgIpc) is 2.63. The van der Waals surface area contributed by atoms with E-state index < -0.39 is 5.54 Å². The normalized spacial score (nSPS) is 25.7. The molecule has 84 valence electrons. The van der Waals surface area contributed by atoms with E-state index in [1.165, 1.54) is 0 Å². The molecule has 1 aromatic heterocycles. The fraction of sp³-hybridized carbons (Fsp3) is 0.727. The second-order valence-electron chi connectivity index (χ2n) is 4.69. The summed E-state index contributed by atoms with van der Waals surface area (Å²) < 4.78 is 5.30. The number of aliphatic hydroxyl groups excluding tert-OH is 1. The van der Waals surface area contributed by atoms with E-state index >= 15 is 0 Å². The van der Waals surface area contributed by atoms with Crippen LogP contribution in [0, 0.1) is 0 Å². The molecule has 0 saturated carbocycles. The summed E-state index contributed by atoms with van der Waals surface area (Å²) in [5.41, 5.74) is 7.41. The summed E-state index contributed by atoms with van der Waals surface area (Å²) in [5, 5.41) is 13.5. The van der Waals surface area contributed by atoms with Gasteiger partial charge in [0.15, 0.2) is 0 Å². The highest BCUT2D eigenvalue weighted by Crippen LogP contribution is 2.37. The van der Waals surface area contributed by atoms with E-state index in [-0.39, 0.29) is 12.5 Å². The first-order chi connectivity index (χ1) is 7.08. The fourth-order valence-electron chi connectivity index (χ4n) is 2.28. The van der Waals surface area contributed by atoms with Crippen LogP contribution in [0.25, 0.3) is 0 Å². The molecule has 0 bridgehead atoms. The van der Waals surface area contributed by atoms with E-state index in [0.717, 1.165) is 36.3 Å². The summed E-state index contributed by atoms with van der Waals surface area (Å²) in [6.07, 6.45) is 2.64. The number of nitrogens with zero attached hydrogens (tertiary/aromatic N) is 1. The summed E-state index contributed by atoms with van der Waals surface area (Å²) >= 11 is 0. The highest BCUT2D eigenvalue weighted by molar-refractivity contribution is 5.35. The molecule has 4 nitrogen and oxygen atoms in total. The third kappa shape index (κ3) is 1.58. The SMILES string of the molecule is CC(C)c1noc2c1C(N)(CO)CCC2. The van der Waals surface area contributed by atoms with E-state index in [0.29, 0.717) is 0 Å². The standard InChI is InChI=1S/C11H18N2O2/c1-7(2)10-9-8(15-13-10)4-3-5-11(9,12)6-14/h7,14H,3-6,12H2,1-2H3. The van der Waals surface area contributed by atoms with Crippen molar-refractivity contribution in [3.8, 4) is 0 Å².